The normalized spacial score (nSPS) is 27.8. The summed E-state index contributed by atoms with van der Waals surface area (Å²) in [6.45, 7) is 2.34. The third kappa shape index (κ3) is 4.84. The molecule has 2 fully saturated rings. The van der Waals surface area contributed by atoms with Crippen LogP contribution >= 0.6 is 0 Å². The van der Waals surface area contributed by atoms with Gasteiger partial charge >= 0.3 is 5.97 Å². The maximum Gasteiger partial charge on any atom is 0.306 e. The summed E-state index contributed by atoms with van der Waals surface area (Å²) in [5.41, 5.74) is 9.27. The van der Waals surface area contributed by atoms with Gasteiger partial charge in [-0.3, -0.25) is 4.79 Å². The van der Waals surface area contributed by atoms with Crippen LogP contribution in [0, 0.1) is 5.92 Å². The second-order valence-corrected chi connectivity index (χ2v) is 7.96. The molecule has 3 heteroatoms. The highest BCUT2D eigenvalue weighted by molar-refractivity contribution is 5.69. The minimum absolute atomic E-state index is 0.0608. The molecule has 2 aliphatic rings. The van der Waals surface area contributed by atoms with Gasteiger partial charge in [0.05, 0.1) is 6.61 Å². The molecule has 0 aliphatic heterocycles. The Morgan fingerprint density at radius 3 is 2.40 bits per heavy atom. The van der Waals surface area contributed by atoms with Crippen molar-refractivity contribution >= 4 is 5.97 Å². The van der Waals surface area contributed by atoms with Crippen LogP contribution in [0.4, 0.5) is 0 Å². The fourth-order valence-corrected chi connectivity index (χ4v) is 4.76. The molecule has 1 aromatic carbocycles. The fraction of sp³-hybridized carbons (Fsp3) is 0.682. The number of ether oxygens (including phenoxy) is 1. The van der Waals surface area contributed by atoms with Crippen molar-refractivity contribution < 1.29 is 9.53 Å². The van der Waals surface area contributed by atoms with Crippen LogP contribution in [-0.2, 0) is 9.53 Å². The smallest absolute Gasteiger partial charge is 0.306 e. The van der Waals surface area contributed by atoms with Crippen LogP contribution in [0.5, 0.6) is 0 Å². The van der Waals surface area contributed by atoms with Gasteiger partial charge in [0.25, 0.3) is 0 Å². The monoisotopic (exact) mass is 343 g/mol. The average molecular weight is 344 g/mol. The Labute approximate surface area is 152 Å². The lowest BCUT2D eigenvalue weighted by Crippen LogP contribution is -2.35. The lowest BCUT2D eigenvalue weighted by atomic mass is 9.73. The first-order chi connectivity index (χ1) is 12.2. The maximum absolute atomic E-state index is 11.8. The molecule has 0 amide bonds. The van der Waals surface area contributed by atoms with E-state index in [9.17, 15) is 4.79 Å². The second-order valence-electron chi connectivity index (χ2n) is 7.96. The van der Waals surface area contributed by atoms with Crippen molar-refractivity contribution in [3.8, 4) is 0 Å². The molecule has 0 heterocycles. The summed E-state index contributed by atoms with van der Waals surface area (Å²) in [4.78, 5) is 11.8. The number of benzene rings is 1. The van der Waals surface area contributed by atoms with E-state index in [4.69, 9.17) is 10.5 Å². The Bertz CT molecular complexity index is 548. The molecule has 3 nitrogen and oxygen atoms in total. The molecular weight excluding hydrogens is 310 g/mol. The number of rotatable bonds is 5. The number of nitrogens with two attached hydrogens (primary N) is 1. The molecule has 0 unspecified atom stereocenters. The molecule has 2 saturated carbocycles. The number of carbonyl (C=O) groups excluding carboxylic acids is 1. The van der Waals surface area contributed by atoms with Gasteiger partial charge in [-0.1, -0.05) is 43.5 Å². The Balaban J connectivity index is 1.63. The van der Waals surface area contributed by atoms with E-state index in [1.54, 1.807) is 0 Å². The third-order valence-electron chi connectivity index (χ3n) is 6.21. The van der Waals surface area contributed by atoms with Crippen LogP contribution < -0.4 is 5.73 Å². The predicted molar refractivity (Wildman–Crippen MR) is 102 cm³/mol. The van der Waals surface area contributed by atoms with E-state index >= 15 is 0 Å². The van der Waals surface area contributed by atoms with Crippen LogP contribution in [0.15, 0.2) is 24.3 Å². The second kappa shape index (κ2) is 8.84. The van der Waals surface area contributed by atoms with E-state index in [-0.39, 0.29) is 12.0 Å². The lowest BCUT2D eigenvalue weighted by molar-refractivity contribution is -0.144. The Morgan fingerprint density at radius 2 is 1.72 bits per heavy atom. The zero-order chi connectivity index (χ0) is 17.6. The third-order valence-corrected chi connectivity index (χ3v) is 6.21. The van der Waals surface area contributed by atoms with Crippen molar-refractivity contribution in [2.75, 3.05) is 6.61 Å². The first kappa shape index (κ1) is 18.4. The van der Waals surface area contributed by atoms with E-state index in [0.717, 1.165) is 25.2 Å². The first-order valence-electron chi connectivity index (χ1n) is 10.2. The summed E-state index contributed by atoms with van der Waals surface area (Å²) in [6.07, 6.45) is 10.4. The SMILES string of the molecule is CCOC(=O)C[C@@H]1CC[C@@H](N)[C@H](c2ccc(C3CCCCC3)cc2)C1. The van der Waals surface area contributed by atoms with E-state index in [1.807, 2.05) is 6.92 Å². The summed E-state index contributed by atoms with van der Waals surface area (Å²) in [5.74, 6) is 1.46. The van der Waals surface area contributed by atoms with E-state index in [2.05, 4.69) is 24.3 Å². The van der Waals surface area contributed by atoms with Crippen LogP contribution in [0.3, 0.4) is 0 Å². The lowest BCUT2D eigenvalue weighted by Gasteiger charge is -2.34. The average Bonchev–Trinajstić information content (AvgIpc) is 2.64. The zero-order valence-electron chi connectivity index (χ0n) is 15.6. The van der Waals surface area contributed by atoms with Crippen LogP contribution in [0.2, 0.25) is 0 Å². The minimum Gasteiger partial charge on any atom is -0.466 e. The maximum atomic E-state index is 11.8. The van der Waals surface area contributed by atoms with Crippen molar-refractivity contribution in [3.05, 3.63) is 35.4 Å². The Hall–Kier alpha value is -1.35. The highest BCUT2D eigenvalue weighted by Crippen LogP contribution is 2.38. The molecule has 2 N–H and O–H groups in total. The van der Waals surface area contributed by atoms with Crippen LogP contribution in [-0.4, -0.2) is 18.6 Å². The molecular formula is C22H33NO2. The van der Waals surface area contributed by atoms with Gasteiger partial charge in [0, 0.05) is 12.5 Å². The van der Waals surface area contributed by atoms with Gasteiger partial charge in [0.2, 0.25) is 0 Å². The number of carbonyl (C=O) groups is 1. The molecule has 2 aliphatic carbocycles. The highest BCUT2D eigenvalue weighted by Gasteiger charge is 2.30. The fourth-order valence-electron chi connectivity index (χ4n) is 4.76. The molecule has 3 atom stereocenters. The van der Waals surface area contributed by atoms with Crippen LogP contribution in [0.1, 0.15) is 87.7 Å². The topological polar surface area (TPSA) is 52.3 Å². The summed E-state index contributed by atoms with van der Waals surface area (Å²) in [7, 11) is 0. The Morgan fingerprint density at radius 1 is 1.04 bits per heavy atom. The van der Waals surface area contributed by atoms with Crippen molar-refractivity contribution in [1.82, 2.24) is 0 Å². The van der Waals surface area contributed by atoms with Crippen LogP contribution in [0.25, 0.3) is 0 Å². The molecule has 25 heavy (non-hydrogen) atoms. The number of hydrogen-bond donors (Lipinski definition) is 1. The summed E-state index contributed by atoms with van der Waals surface area (Å²) in [5, 5.41) is 0. The summed E-state index contributed by atoms with van der Waals surface area (Å²) < 4.78 is 5.13. The van der Waals surface area contributed by atoms with Gasteiger partial charge < -0.3 is 10.5 Å². The number of esters is 1. The highest BCUT2D eigenvalue weighted by atomic mass is 16.5. The van der Waals surface area contributed by atoms with E-state index < -0.39 is 0 Å². The van der Waals surface area contributed by atoms with Gasteiger partial charge in [0.1, 0.15) is 0 Å². The molecule has 0 radical (unpaired) electrons. The first-order valence-corrected chi connectivity index (χ1v) is 10.2. The van der Waals surface area contributed by atoms with Crippen molar-refractivity contribution in [3.63, 3.8) is 0 Å². The number of hydrogen-bond acceptors (Lipinski definition) is 3. The van der Waals surface area contributed by atoms with Crippen molar-refractivity contribution in [1.29, 1.82) is 0 Å². The van der Waals surface area contributed by atoms with Gasteiger partial charge in [-0.25, -0.2) is 0 Å². The van der Waals surface area contributed by atoms with E-state index in [0.29, 0.717) is 24.9 Å². The van der Waals surface area contributed by atoms with Crippen molar-refractivity contribution in [2.24, 2.45) is 11.7 Å². The quantitative estimate of drug-likeness (QED) is 0.774. The Kier molecular flexibility index (Phi) is 6.52. The summed E-state index contributed by atoms with van der Waals surface area (Å²) >= 11 is 0. The molecule has 0 spiro atoms. The van der Waals surface area contributed by atoms with Gasteiger partial charge in [-0.2, -0.15) is 0 Å². The van der Waals surface area contributed by atoms with Gasteiger partial charge in [-0.15, -0.1) is 0 Å². The molecule has 138 valence electrons. The van der Waals surface area contributed by atoms with E-state index in [1.165, 1.54) is 43.2 Å². The van der Waals surface area contributed by atoms with Gasteiger partial charge in [-0.05, 0) is 67.9 Å². The summed E-state index contributed by atoms with van der Waals surface area (Å²) in [6, 6.07) is 9.45. The largest absolute Gasteiger partial charge is 0.466 e. The molecule has 1 aromatic rings. The standard InChI is InChI=1S/C22H33NO2/c1-2-25-22(24)15-16-8-13-21(23)20(14-16)19-11-9-18(10-12-19)17-6-4-3-5-7-17/h9-12,16-17,20-21H,2-8,13-15,23H2,1H3/t16-,20+,21-/m1/s1. The predicted octanol–water partition coefficient (Wildman–Crippen LogP) is 4.90. The molecule has 0 bridgehead atoms. The van der Waals surface area contributed by atoms with Crippen molar-refractivity contribution in [2.45, 2.75) is 82.6 Å². The van der Waals surface area contributed by atoms with Gasteiger partial charge in [0.15, 0.2) is 0 Å². The molecule has 3 rings (SSSR count). The zero-order valence-corrected chi connectivity index (χ0v) is 15.6. The minimum atomic E-state index is -0.0608. The molecule has 0 saturated heterocycles. The molecule has 0 aromatic heterocycles.